The second kappa shape index (κ2) is 7.72. The van der Waals surface area contributed by atoms with Crippen LogP contribution in [0.15, 0.2) is 24.3 Å². The van der Waals surface area contributed by atoms with E-state index in [9.17, 15) is 8.42 Å². The molecule has 1 aromatic carbocycles. The van der Waals surface area contributed by atoms with Crippen molar-refractivity contribution in [3.8, 4) is 5.75 Å². The van der Waals surface area contributed by atoms with Gasteiger partial charge in [-0.3, -0.25) is 0 Å². The standard InChI is InChI=1S/C13H20ClNO3S/c1-11(12-6-5-7-13(10-12)18-2)15-19(16,17)9-4-3-8-14/h5-7,10-11,15H,3-4,8-9H2,1-2H3/t11-/m1/s1. The van der Waals surface area contributed by atoms with E-state index in [2.05, 4.69) is 4.72 Å². The first-order chi connectivity index (χ1) is 8.98. The van der Waals surface area contributed by atoms with Gasteiger partial charge in [-0.2, -0.15) is 0 Å². The summed E-state index contributed by atoms with van der Waals surface area (Å²) in [7, 11) is -1.69. The molecule has 0 aliphatic heterocycles. The van der Waals surface area contributed by atoms with Crippen LogP contribution in [0.25, 0.3) is 0 Å². The molecule has 0 aromatic heterocycles. The highest BCUT2D eigenvalue weighted by atomic mass is 35.5. The zero-order valence-corrected chi connectivity index (χ0v) is 12.8. The number of sulfonamides is 1. The van der Waals surface area contributed by atoms with Crippen molar-refractivity contribution >= 4 is 21.6 Å². The lowest BCUT2D eigenvalue weighted by Crippen LogP contribution is -2.29. The molecule has 4 nitrogen and oxygen atoms in total. The lowest BCUT2D eigenvalue weighted by atomic mass is 10.1. The molecule has 0 spiro atoms. The molecule has 108 valence electrons. The van der Waals surface area contributed by atoms with Gasteiger partial charge < -0.3 is 4.74 Å². The van der Waals surface area contributed by atoms with Gasteiger partial charge in [-0.1, -0.05) is 12.1 Å². The Kier molecular flexibility index (Phi) is 6.62. The van der Waals surface area contributed by atoms with Gasteiger partial charge in [0.15, 0.2) is 0 Å². The van der Waals surface area contributed by atoms with E-state index in [0.717, 1.165) is 5.56 Å². The fraction of sp³-hybridized carbons (Fsp3) is 0.538. The second-order valence-electron chi connectivity index (χ2n) is 4.33. The summed E-state index contributed by atoms with van der Waals surface area (Å²) < 4.78 is 31.5. The predicted molar refractivity (Wildman–Crippen MR) is 78.3 cm³/mol. The van der Waals surface area contributed by atoms with Crippen molar-refractivity contribution in [2.75, 3.05) is 18.7 Å². The van der Waals surface area contributed by atoms with E-state index in [1.807, 2.05) is 31.2 Å². The summed E-state index contributed by atoms with van der Waals surface area (Å²) in [5, 5.41) is 0. The summed E-state index contributed by atoms with van der Waals surface area (Å²) in [6, 6.07) is 7.08. The van der Waals surface area contributed by atoms with Crippen LogP contribution in [0.1, 0.15) is 31.4 Å². The van der Waals surface area contributed by atoms with Gasteiger partial charge in [-0.15, -0.1) is 11.6 Å². The number of rotatable bonds is 8. The average molecular weight is 306 g/mol. The van der Waals surface area contributed by atoms with Crippen molar-refractivity contribution in [3.63, 3.8) is 0 Å². The molecule has 1 N–H and O–H groups in total. The van der Waals surface area contributed by atoms with Crippen molar-refractivity contribution in [3.05, 3.63) is 29.8 Å². The maximum atomic E-state index is 11.9. The van der Waals surface area contributed by atoms with Crippen molar-refractivity contribution in [1.29, 1.82) is 0 Å². The number of unbranched alkanes of at least 4 members (excludes halogenated alkanes) is 1. The largest absolute Gasteiger partial charge is 0.497 e. The molecule has 0 saturated heterocycles. The Morgan fingerprint density at radius 1 is 1.37 bits per heavy atom. The number of benzene rings is 1. The fourth-order valence-corrected chi connectivity index (χ4v) is 3.26. The average Bonchev–Trinajstić information content (AvgIpc) is 2.38. The number of alkyl halides is 1. The van der Waals surface area contributed by atoms with E-state index in [1.165, 1.54) is 0 Å². The van der Waals surface area contributed by atoms with Gasteiger partial charge in [0.05, 0.1) is 12.9 Å². The summed E-state index contributed by atoms with van der Waals surface area (Å²) in [5.74, 6) is 1.31. The van der Waals surface area contributed by atoms with Crippen LogP contribution in [-0.4, -0.2) is 27.2 Å². The Labute approximate surface area is 120 Å². The van der Waals surface area contributed by atoms with Crippen LogP contribution in [0.2, 0.25) is 0 Å². The summed E-state index contributed by atoms with van der Waals surface area (Å²) in [5.41, 5.74) is 0.875. The zero-order chi connectivity index (χ0) is 14.3. The zero-order valence-electron chi connectivity index (χ0n) is 11.2. The van der Waals surface area contributed by atoms with Crippen molar-refractivity contribution in [1.82, 2.24) is 4.72 Å². The highest BCUT2D eigenvalue weighted by molar-refractivity contribution is 7.89. The van der Waals surface area contributed by atoms with Crippen LogP contribution < -0.4 is 9.46 Å². The normalized spacial score (nSPS) is 13.2. The molecule has 0 saturated carbocycles. The van der Waals surface area contributed by atoms with Crippen molar-refractivity contribution in [2.45, 2.75) is 25.8 Å². The van der Waals surface area contributed by atoms with Crippen LogP contribution in [0.3, 0.4) is 0 Å². The Morgan fingerprint density at radius 3 is 2.74 bits per heavy atom. The summed E-state index contributed by atoms with van der Waals surface area (Å²) in [6.07, 6.45) is 1.28. The first-order valence-electron chi connectivity index (χ1n) is 6.18. The first kappa shape index (κ1) is 16.3. The second-order valence-corrected chi connectivity index (χ2v) is 6.58. The van der Waals surface area contributed by atoms with Crippen molar-refractivity contribution < 1.29 is 13.2 Å². The molecule has 0 heterocycles. The van der Waals surface area contributed by atoms with Crippen LogP contribution in [-0.2, 0) is 10.0 Å². The molecule has 0 fully saturated rings. The van der Waals surface area contributed by atoms with E-state index in [4.69, 9.17) is 16.3 Å². The minimum Gasteiger partial charge on any atom is -0.497 e. The van der Waals surface area contributed by atoms with Gasteiger partial charge in [0.25, 0.3) is 0 Å². The lowest BCUT2D eigenvalue weighted by Gasteiger charge is -2.15. The highest BCUT2D eigenvalue weighted by Crippen LogP contribution is 2.19. The van der Waals surface area contributed by atoms with Crippen LogP contribution in [0.4, 0.5) is 0 Å². The maximum absolute atomic E-state index is 11.9. The number of hydrogen-bond acceptors (Lipinski definition) is 3. The van der Waals surface area contributed by atoms with E-state index in [0.29, 0.717) is 24.5 Å². The number of hydrogen-bond donors (Lipinski definition) is 1. The SMILES string of the molecule is COc1cccc([C@@H](C)NS(=O)(=O)CCCCCl)c1. The van der Waals surface area contributed by atoms with Gasteiger partial charge in [-0.25, -0.2) is 13.1 Å². The molecule has 1 aromatic rings. The summed E-state index contributed by atoms with van der Waals surface area (Å²) in [6.45, 7) is 1.81. The number of halogens is 1. The van der Waals surface area contributed by atoms with E-state index >= 15 is 0 Å². The van der Waals surface area contributed by atoms with Crippen molar-refractivity contribution in [2.24, 2.45) is 0 Å². The minimum absolute atomic E-state index is 0.105. The molecular formula is C13H20ClNO3S. The molecule has 0 aliphatic rings. The number of ether oxygens (including phenoxy) is 1. The fourth-order valence-electron chi connectivity index (χ4n) is 1.69. The molecular weight excluding hydrogens is 286 g/mol. The Morgan fingerprint density at radius 2 is 2.11 bits per heavy atom. The molecule has 0 amide bonds. The summed E-state index contributed by atoms with van der Waals surface area (Å²) in [4.78, 5) is 0. The van der Waals surface area contributed by atoms with Gasteiger partial charge in [0.2, 0.25) is 10.0 Å². The smallest absolute Gasteiger partial charge is 0.212 e. The predicted octanol–water partition coefficient (Wildman–Crippen LogP) is 2.69. The van der Waals surface area contributed by atoms with Gasteiger partial charge in [0, 0.05) is 11.9 Å². The maximum Gasteiger partial charge on any atom is 0.212 e. The van der Waals surface area contributed by atoms with Gasteiger partial charge in [-0.05, 0) is 37.5 Å². The number of nitrogens with one attached hydrogen (secondary N) is 1. The monoisotopic (exact) mass is 305 g/mol. The van der Waals surface area contributed by atoms with Crippen LogP contribution in [0, 0.1) is 0 Å². The minimum atomic E-state index is -3.27. The Balaban J connectivity index is 2.64. The van der Waals surface area contributed by atoms with Gasteiger partial charge in [0.1, 0.15) is 5.75 Å². The molecule has 0 aliphatic carbocycles. The molecule has 1 atom stereocenters. The van der Waals surface area contributed by atoms with Crippen LogP contribution in [0.5, 0.6) is 5.75 Å². The van der Waals surface area contributed by atoms with E-state index in [-0.39, 0.29) is 11.8 Å². The molecule has 1 rings (SSSR count). The summed E-state index contributed by atoms with van der Waals surface area (Å²) >= 11 is 5.54. The lowest BCUT2D eigenvalue weighted by molar-refractivity contribution is 0.413. The van der Waals surface area contributed by atoms with Gasteiger partial charge >= 0.3 is 0 Å². The Bertz CT molecular complexity index is 490. The Hall–Kier alpha value is -0.780. The molecule has 19 heavy (non-hydrogen) atoms. The van der Waals surface area contributed by atoms with Crippen LogP contribution >= 0.6 is 11.6 Å². The third kappa shape index (κ3) is 5.80. The molecule has 0 bridgehead atoms. The first-order valence-corrected chi connectivity index (χ1v) is 8.37. The number of methoxy groups -OCH3 is 1. The van der Waals surface area contributed by atoms with E-state index in [1.54, 1.807) is 7.11 Å². The molecule has 0 radical (unpaired) electrons. The molecule has 6 heteroatoms. The third-order valence-corrected chi connectivity index (χ3v) is 4.55. The highest BCUT2D eigenvalue weighted by Gasteiger charge is 2.15. The molecule has 0 unspecified atom stereocenters. The topological polar surface area (TPSA) is 55.4 Å². The third-order valence-electron chi connectivity index (χ3n) is 2.75. The van der Waals surface area contributed by atoms with E-state index < -0.39 is 10.0 Å². The quantitative estimate of drug-likeness (QED) is 0.593.